The second-order valence-electron chi connectivity index (χ2n) is 6.32. The molecule has 1 saturated heterocycles. The Morgan fingerprint density at radius 3 is 2.87 bits per heavy atom. The summed E-state index contributed by atoms with van der Waals surface area (Å²) in [5, 5.41) is 0.139. The van der Waals surface area contributed by atoms with E-state index >= 15 is 0 Å². The molecule has 0 aliphatic carbocycles. The third-order valence-electron chi connectivity index (χ3n) is 4.54. The van der Waals surface area contributed by atoms with Gasteiger partial charge in [-0.25, -0.2) is 9.97 Å². The van der Waals surface area contributed by atoms with Crippen molar-refractivity contribution in [2.45, 2.75) is 52.2 Å². The van der Waals surface area contributed by atoms with E-state index in [0.717, 1.165) is 30.8 Å². The van der Waals surface area contributed by atoms with Crippen molar-refractivity contribution >= 4 is 23.3 Å². The second-order valence-corrected chi connectivity index (χ2v) is 6.66. The molecular weight excluding hydrogens is 316 g/mol. The Labute approximate surface area is 141 Å². The number of hydrogen-bond donors (Lipinski definition) is 0. The fourth-order valence-electron chi connectivity index (χ4n) is 3.34. The third kappa shape index (κ3) is 3.02. The molecule has 0 unspecified atom stereocenters. The van der Waals surface area contributed by atoms with Crippen LogP contribution in [0.15, 0.2) is 0 Å². The van der Waals surface area contributed by atoms with Gasteiger partial charge in [0.1, 0.15) is 11.5 Å². The summed E-state index contributed by atoms with van der Waals surface area (Å²) in [4.78, 5) is 25.2. The maximum atomic E-state index is 12.5. The van der Waals surface area contributed by atoms with Gasteiger partial charge in [0.15, 0.2) is 0 Å². The standard InChI is InChI=1S/C16H23ClN4O2/c1-4-23-9-11-6-5-7-20(11)14-12-8-21(10(2)3)15(22)13(12)18-16(17)19-14/h10-11H,4-9H2,1-3H3/t11-/m1/s1. The summed E-state index contributed by atoms with van der Waals surface area (Å²) in [5.74, 6) is 0.750. The van der Waals surface area contributed by atoms with E-state index in [4.69, 9.17) is 16.3 Å². The number of anilines is 1. The lowest BCUT2D eigenvalue weighted by molar-refractivity contribution is 0.0726. The number of rotatable bonds is 5. The molecule has 3 heterocycles. The molecule has 0 aromatic carbocycles. The summed E-state index contributed by atoms with van der Waals surface area (Å²) in [5.41, 5.74) is 1.35. The minimum Gasteiger partial charge on any atom is -0.380 e. The lowest BCUT2D eigenvalue weighted by Gasteiger charge is -2.27. The fourth-order valence-corrected chi connectivity index (χ4v) is 3.51. The summed E-state index contributed by atoms with van der Waals surface area (Å²) in [6.45, 7) is 8.85. The van der Waals surface area contributed by atoms with Crippen LogP contribution in [0.3, 0.4) is 0 Å². The van der Waals surface area contributed by atoms with E-state index in [1.807, 2.05) is 25.7 Å². The molecule has 3 rings (SSSR count). The summed E-state index contributed by atoms with van der Waals surface area (Å²) >= 11 is 6.10. The Morgan fingerprint density at radius 1 is 1.39 bits per heavy atom. The highest BCUT2D eigenvalue weighted by Crippen LogP contribution is 2.34. The lowest BCUT2D eigenvalue weighted by Crippen LogP contribution is -2.35. The van der Waals surface area contributed by atoms with Gasteiger partial charge < -0.3 is 14.5 Å². The van der Waals surface area contributed by atoms with Gasteiger partial charge in [0.05, 0.1) is 19.2 Å². The van der Waals surface area contributed by atoms with E-state index in [-0.39, 0.29) is 23.3 Å². The molecule has 23 heavy (non-hydrogen) atoms. The fraction of sp³-hybridized carbons (Fsp3) is 0.688. The number of carbonyl (C=O) groups excluding carboxylic acids is 1. The molecule has 2 aliphatic rings. The van der Waals surface area contributed by atoms with Gasteiger partial charge in [0.2, 0.25) is 5.28 Å². The first-order valence-electron chi connectivity index (χ1n) is 8.24. The average molecular weight is 339 g/mol. The van der Waals surface area contributed by atoms with Crippen molar-refractivity contribution in [1.29, 1.82) is 0 Å². The normalized spacial score (nSPS) is 20.7. The third-order valence-corrected chi connectivity index (χ3v) is 4.71. The Balaban J connectivity index is 1.95. The van der Waals surface area contributed by atoms with Gasteiger partial charge in [-0.05, 0) is 45.2 Å². The lowest BCUT2D eigenvalue weighted by atomic mass is 10.2. The molecule has 2 aliphatic heterocycles. The van der Waals surface area contributed by atoms with Gasteiger partial charge in [-0.3, -0.25) is 4.79 Å². The molecule has 1 atom stereocenters. The molecule has 0 radical (unpaired) electrons. The zero-order valence-corrected chi connectivity index (χ0v) is 14.6. The SMILES string of the molecule is CCOC[C@H]1CCCN1c1nc(Cl)nc2c1CN(C(C)C)C2=O. The van der Waals surface area contributed by atoms with E-state index < -0.39 is 0 Å². The van der Waals surface area contributed by atoms with Crippen molar-refractivity contribution in [3.05, 3.63) is 16.5 Å². The molecule has 1 aromatic heterocycles. The number of halogens is 1. The van der Waals surface area contributed by atoms with Gasteiger partial charge in [0.25, 0.3) is 5.91 Å². The number of amides is 1. The Kier molecular flexibility index (Phi) is 4.73. The molecular formula is C16H23ClN4O2. The molecule has 7 heteroatoms. The minimum absolute atomic E-state index is 0.0545. The van der Waals surface area contributed by atoms with E-state index in [1.54, 1.807) is 0 Å². The number of aromatic nitrogens is 2. The molecule has 1 fully saturated rings. The Bertz CT molecular complexity index is 608. The molecule has 0 saturated carbocycles. The van der Waals surface area contributed by atoms with Crippen molar-refractivity contribution in [3.8, 4) is 0 Å². The minimum atomic E-state index is -0.0545. The van der Waals surface area contributed by atoms with Crippen LogP contribution in [0.5, 0.6) is 0 Å². The van der Waals surface area contributed by atoms with Crippen LogP contribution in [0.2, 0.25) is 5.28 Å². The molecule has 0 bridgehead atoms. The monoisotopic (exact) mass is 338 g/mol. The highest BCUT2D eigenvalue weighted by Gasteiger charge is 2.37. The number of ether oxygens (including phenoxy) is 1. The number of hydrogen-bond acceptors (Lipinski definition) is 5. The summed E-state index contributed by atoms with van der Waals surface area (Å²) < 4.78 is 5.60. The maximum Gasteiger partial charge on any atom is 0.273 e. The Hall–Kier alpha value is -1.40. The van der Waals surface area contributed by atoms with Crippen LogP contribution >= 0.6 is 11.6 Å². The highest BCUT2D eigenvalue weighted by molar-refractivity contribution is 6.28. The van der Waals surface area contributed by atoms with Crippen LogP contribution in [0.25, 0.3) is 0 Å². The molecule has 0 N–H and O–H groups in total. The van der Waals surface area contributed by atoms with Crippen LogP contribution in [-0.4, -0.2) is 52.6 Å². The number of carbonyl (C=O) groups is 1. The van der Waals surface area contributed by atoms with Crippen molar-refractivity contribution in [3.63, 3.8) is 0 Å². The van der Waals surface area contributed by atoms with Crippen LogP contribution in [0.4, 0.5) is 5.82 Å². The van der Waals surface area contributed by atoms with E-state index in [2.05, 4.69) is 14.9 Å². The van der Waals surface area contributed by atoms with Crippen LogP contribution in [-0.2, 0) is 11.3 Å². The summed E-state index contributed by atoms with van der Waals surface area (Å²) in [7, 11) is 0. The van der Waals surface area contributed by atoms with Crippen molar-refractivity contribution in [2.75, 3.05) is 24.7 Å². The summed E-state index contributed by atoms with van der Waals surface area (Å²) in [6, 6.07) is 0.411. The first-order valence-corrected chi connectivity index (χ1v) is 8.62. The molecule has 1 aromatic rings. The van der Waals surface area contributed by atoms with Crippen molar-refractivity contribution in [2.24, 2.45) is 0 Å². The van der Waals surface area contributed by atoms with Gasteiger partial charge >= 0.3 is 0 Å². The quantitative estimate of drug-likeness (QED) is 0.772. The van der Waals surface area contributed by atoms with Crippen LogP contribution in [0.1, 0.15) is 49.7 Å². The average Bonchev–Trinajstić information content (AvgIpc) is 3.10. The predicted octanol–water partition coefficient (Wildman–Crippen LogP) is 2.50. The van der Waals surface area contributed by atoms with Crippen LogP contribution in [0, 0.1) is 0 Å². The zero-order chi connectivity index (χ0) is 16.6. The second kappa shape index (κ2) is 6.61. The van der Waals surface area contributed by atoms with Crippen molar-refractivity contribution < 1.29 is 9.53 Å². The van der Waals surface area contributed by atoms with E-state index in [9.17, 15) is 4.79 Å². The Morgan fingerprint density at radius 2 is 2.17 bits per heavy atom. The van der Waals surface area contributed by atoms with E-state index in [0.29, 0.717) is 25.5 Å². The smallest absolute Gasteiger partial charge is 0.273 e. The van der Waals surface area contributed by atoms with Crippen LogP contribution < -0.4 is 4.90 Å². The first kappa shape index (κ1) is 16.5. The molecule has 6 nitrogen and oxygen atoms in total. The maximum absolute atomic E-state index is 12.5. The van der Waals surface area contributed by atoms with E-state index in [1.165, 1.54) is 0 Å². The van der Waals surface area contributed by atoms with Gasteiger partial charge in [0, 0.05) is 24.8 Å². The molecule has 0 spiro atoms. The summed E-state index contributed by atoms with van der Waals surface area (Å²) in [6.07, 6.45) is 2.16. The van der Waals surface area contributed by atoms with Gasteiger partial charge in [-0.15, -0.1) is 0 Å². The molecule has 1 amide bonds. The predicted molar refractivity (Wildman–Crippen MR) is 88.9 cm³/mol. The largest absolute Gasteiger partial charge is 0.380 e. The van der Waals surface area contributed by atoms with Gasteiger partial charge in [-0.2, -0.15) is 0 Å². The first-order chi connectivity index (χ1) is 11.0. The topological polar surface area (TPSA) is 58.6 Å². The number of nitrogens with zero attached hydrogens (tertiary/aromatic N) is 4. The van der Waals surface area contributed by atoms with Crippen molar-refractivity contribution in [1.82, 2.24) is 14.9 Å². The van der Waals surface area contributed by atoms with Gasteiger partial charge in [-0.1, -0.05) is 0 Å². The highest BCUT2D eigenvalue weighted by atomic mass is 35.5. The zero-order valence-electron chi connectivity index (χ0n) is 13.9. The number of fused-ring (bicyclic) bond motifs is 1. The molecule has 126 valence electrons.